The van der Waals surface area contributed by atoms with E-state index in [0.717, 1.165) is 19.3 Å². The van der Waals surface area contributed by atoms with Crippen molar-refractivity contribution in [3.05, 3.63) is 35.9 Å². The van der Waals surface area contributed by atoms with Crippen LogP contribution >= 0.6 is 0 Å². The van der Waals surface area contributed by atoms with Crippen LogP contribution in [0.2, 0.25) is 0 Å². The van der Waals surface area contributed by atoms with E-state index in [-0.39, 0.29) is 18.4 Å². The van der Waals surface area contributed by atoms with Crippen molar-refractivity contribution in [2.24, 2.45) is 17.8 Å². The molecule has 1 aromatic carbocycles. The fraction of sp³-hybridized carbons (Fsp3) is 0.658. The highest BCUT2D eigenvalue weighted by Crippen LogP contribution is 2.34. The van der Waals surface area contributed by atoms with Crippen LogP contribution in [-0.4, -0.2) is 108 Å². The van der Waals surface area contributed by atoms with Gasteiger partial charge in [-0.15, -0.1) is 0 Å². The van der Waals surface area contributed by atoms with Crippen molar-refractivity contribution < 1.29 is 51.5 Å². The van der Waals surface area contributed by atoms with Crippen LogP contribution in [0.5, 0.6) is 0 Å². The molecule has 6 amide bonds. The Hall–Kier alpha value is -4.70. The number of carbonyl (C=O) groups is 7. The first kappa shape index (κ1) is 44.7. The normalized spacial score (nSPS) is 19.4. The Kier molecular flexibility index (Phi) is 15.6. The first-order valence-electron chi connectivity index (χ1n) is 18.6. The lowest BCUT2D eigenvalue weighted by Gasteiger charge is -2.36. The number of alkyl halides is 3. The Morgan fingerprint density at radius 2 is 1.51 bits per heavy atom. The van der Waals surface area contributed by atoms with Gasteiger partial charge in [-0.1, -0.05) is 63.4 Å². The van der Waals surface area contributed by atoms with Crippen LogP contribution in [0.25, 0.3) is 0 Å². The lowest BCUT2D eigenvalue weighted by atomic mass is 9.83. The molecule has 5 atom stereocenters. The van der Waals surface area contributed by atoms with Crippen LogP contribution in [0.15, 0.2) is 30.3 Å². The Bertz CT molecular complexity index is 1540. The SMILES string of the molecule is CC(C)C1CCN(C(=O)[C@@H](NC(=O)OC(C)(C)C)C2CCCCC2)C1C(=O)NC(CC(F)(F)F)C(=O)C(=O)NCC(=O)N[C@H](C(=O)N(C)C)c1ccccc1. The minimum atomic E-state index is -5.01. The number of hydrogen-bond donors (Lipinski definition) is 4. The fourth-order valence-corrected chi connectivity index (χ4v) is 7.07. The molecule has 2 aliphatic rings. The van der Waals surface area contributed by atoms with Crippen molar-refractivity contribution in [1.82, 2.24) is 31.1 Å². The van der Waals surface area contributed by atoms with E-state index in [0.29, 0.717) is 24.8 Å². The molecule has 306 valence electrons. The van der Waals surface area contributed by atoms with Crippen molar-refractivity contribution >= 4 is 41.4 Å². The minimum absolute atomic E-state index is 0.0623. The molecule has 1 aliphatic carbocycles. The number of likely N-dealkylation sites (N-methyl/N-ethyl adjacent to an activating group) is 1. The van der Waals surface area contributed by atoms with E-state index in [1.807, 2.05) is 5.32 Å². The molecule has 2 fully saturated rings. The molecule has 17 heteroatoms. The second-order valence-electron chi connectivity index (χ2n) is 15.8. The molecule has 1 saturated carbocycles. The van der Waals surface area contributed by atoms with Gasteiger partial charge in [0, 0.05) is 20.6 Å². The van der Waals surface area contributed by atoms with Crippen LogP contribution in [0.3, 0.4) is 0 Å². The number of Topliss-reactive ketones (excluding diaryl/α,β-unsaturated/α-hetero) is 1. The van der Waals surface area contributed by atoms with Gasteiger partial charge in [0.2, 0.25) is 29.4 Å². The topological polar surface area (TPSA) is 183 Å². The van der Waals surface area contributed by atoms with Crippen LogP contribution < -0.4 is 21.3 Å². The van der Waals surface area contributed by atoms with Gasteiger partial charge >= 0.3 is 12.3 Å². The summed E-state index contributed by atoms with van der Waals surface area (Å²) in [6, 6.07) is 2.24. The largest absolute Gasteiger partial charge is 0.444 e. The van der Waals surface area contributed by atoms with Crippen LogP contribution in [0, 0.1) is 17.8 Å². The van der Waals surface area contributed by atoms with Crippen molar-refractivity contribution in [3.8, 4) is 0 Å². The van der Waals surface area contributed by atoms with Crippen molar-refractivity contribution in [1.29, 1.82) is 0 Å². The number of alkyl carbamates (subject to hydrolysis) is 1. The van der Waals surface area contributed by atoms with E-state index in [4.69, 9.17) is 4.74 Å². The van der Waals surface area contributed by atoms with Crippen molar-refractivity contribution in [3.63, 3.8) is 0 Å². The number of carbonyl (C=O) groups excluding carboxylic acids is 7. The number of hydrogen-bond acceptors (Lipinski definition) is 8. The van der Waals surface area contributed by atoms with Crippen LogP contribution in [0.4, 0.5) is 18.0 Å². The number of ether oxygens (including phenoxy) is 1. The van der Waals surface area contributed by atoms with Gasteiger partial charge in [-0.2, -0.15) is 13.2 Å². The number of benzene rings is 1. The van der Waals surface area contributed by atoms with Gasteiger partial charge in [0.25, 0.3) is 5.91 Å². The van der Waals surface area contributed by atoms with Gasteiger partial charge in [-0.05, 0) is 63.4 Å². The number of likely N-dealkylation sites (tertiary alicyclic amines) is 1. The Balaban J connectivity index is 1.81. The van der Waals surface area contributed by atoms with Crippen LogP contribution in [-0.2, 0) is 33.5 Å². The third-order valence-electron chi connectivity index (χ3n) is 9.74. The van der Waals surface area contributed by atoms with Crippen molar-refractivity contribution in [2.45, 2.75) is 116 Å². The van der Waals surface area contributed by atoms with E-state index in [2.05, 4.69) is 16.0 Å². The predicted octanol–water partition coefficient (Wildman–Crippen LogP) is 3.40. The third-order valence-corrected chi connectivity index (χ3v) is 9.74. The highest BCUT2D eigenvalue weighted by molar-refractivity contribution is 6.38. The molecule has 0 aromatic heterocycles. The number of amides is 6. The van der Waals surface area contributed by atoms with E-state index in [9.17, 15) is 46.7 Å². The summed E-state index contributed by atoms with van der Waals surface area (Å²) in [5.74, 6) is -7.33. The molecule has 0 spiro atoms. The molecule has 1 saturated heterocycles. The summed E-state index contributed by atoms with van der Waals surface area (Å²) in [5.41, 5.74) is -0.441. The van der Waals surface area contributed by atoms with E-state index in [1.54, 1.807) is 65.0 Å². The number of halogens is 3. The second kappa shape index (κ2) is 19.2. The van der Waals surface area contributed by atoms with E-state index >= 15 is 0 Å². The van der Waals surface area contributed by atoms with E-state index in [1.165, 1.54) is 23.9 Å². The van der Waals surface area contributed by atoms with E-state index < -0.39 is 96.2 Å². The summed E-state index contributed by atoms with van der Waals surface area (Å²) in [7, 11) is 2.94. The summed E-state index contributed by atoms with van der Waals surface area (Å²) in [4.78, 5) is 95.4. The third kappa shape index (κ3) is 13.2. The zero-order valence-corrected chi connectivity index (χ0v) is 32.6. The van der Waals surface area contributed by atoms with Gasteiger partial charge in [0.15, 0.2) is 0 Å². The molecule has 14 nitrogen and oxygen atoms in total. The quantitative estimate of drug-likeness (QED) is 0.207. The molecule has 1 aliphatic heterocycles. The Morgan fingerprint density at radius 1 is 0.891 bits per heavy atom. The standard InChI is InChI=1S/C38H55F3N6O8/c1-22(2)25-18-19-47(35(53)29(24-16-12-9-13-17-24)45-36(54)55-37(3,4)5)30(25)32(50)43-26(20-38(39,40)41)31(49)33(51)42-21-27(48)44-28(34(52)46(6)7)23-14-10-8-11-15-23/h8,10-11,14-15,22,24-26,28-30H,9,12-13,16-21H2,1-7H3,(H,42,51)(H,43,50)(H,44,48)(H,45,54)/t25?,26?,28-,29-,30?/m0/s1. The Labute approximate surface area is 320 Å². The first-order valence-corrected chi connectivity index (χ1v) is 18.6. The van der Waals surface area contributed by atoms with Crippen molar-refractivity contribution in [2.75, 3.05) is 27.2 Å². The minimum Gasteiger partial charge on any atom is -0.444 e. The average Bonchev–Trinajstić information content (AvgIpc) is 3.56. The van der Waals surface area contributed by atoms with Gasteiger partial charge in [0.1, 0.15) is 29.8 Å². The maximum Gasteiger partial charge on any atom is 0.408 e. The summed E-state index contributed by atoms with van der Waals surface area (Å²) < 4.78 is 46.9. The molecule has 55 heavy (non-hydrogen) atoms. The second-order valence-corrected chi connectivity index (χ2v) is 15.8. The average molecular weight is 781 g/mol. The zero-order chi connectivity index (χ0) is 41.2. The summed E-state index contributed by atoms with van der Waals surface area (Å²) >= 11 is 0. The molecule has 3 rings (SSSR count). The Morgan fingerprint density at radius 3 is 2.05 bits per heavy atom. The maximum atomic E-state index is 14.3. The fourth-order valence-electron chi connectivity index (χ4n) is 7.07. The molecule has 0 radical (unpaired) electrons. The highest BCUT2D eigenvalue weighted by atomic mass is 19.4. The molecule has 3 unspecified atom stereocenters. The van der Waals surface area contributed by atoms with Gasteiger partial charge in [-0.3, -0.25) is 28.8 Å². The lowest BCUT2D eigenvalue weighted by molar-refractivity contribution is -0.155. The van der Waals surface area contributed by atoms with Crippen LogP contribution in [0.1, 0.15) is 91.2 Å². The molecule has 4 N–H and O–H groups in total. The zero-order valence-electron chi connectivity index (χ0n) is 32.6. The lowest BCUT2D eigenvalue weighted by Crippen LogP contribution is -2.60. The van der Waals surface area contributed by atoms with Gasteiger partial charge in [0.05, 0.1) is 13.0 Å². The molecule has 1 heterocycles. The molecule has 0 bridgehead atoms. The smallest absolute Gasteiger partial charge is 0.408 e. The molecular weight excluding hydrogens is 725 g/mol. The summed E-state index contributed by atoms with van der Waals surface area (Å²) in [6.45, 7) is 7.79. The predicted molar refractivity (Wildman–Crippen MR) is 195 cm³/mol. The molecule has 1 aromatic rings. The highest BCUT2D eigenvalue weighted by Gasteiger charge is 2.48. The number of ketones is 1. The number of rotatable bonds is 14. The maximum absolute atomic E-state index is 14.3. The molecular formula is C38H55F3N6O8. The summed E-state index contributed by atoms with van der Waals surface area (Å²) in [6.07, 6.45) is -3.59. The van der Waals surface area contributed by atoms with Gasteiger partial charge < -0.3 is 35.8 Å². The summed E-state index contributed by atoms with van der Waals surface area (Å²) in [5, 5.41) is 9.24. The number of nitrogens with zero attached hydrogens (tertiary/aromatic N) is 2. The van der Waals surface area contributed by atoms with Gasteiger partial charge in [-0.25, -0.2) is 4.79 Å². The number of nitrogens with one attached hydrogen (secondary N) is 4. The first-order chi connectivity index (χ1) is 25.6. The monoisotopic (exact) mass is 780 g/mol.